The van der Waals surface area contributed by atoms with Crippen molar-refractivity contribution in [3.8, 4) is 0 Å². The van der Waals surface area contributed by atoms with Gasteiger partial charge in [-0.2, -0.15) is 0 Å². The van der Waals surface area contributed by atoms with Gasteiger partial charge in [-0.3, -0.25) is 24.0 Å². The fourth-order valence-corrected chi connectivity index (χ4v) is 6.00. The summed E-state index contributed by atoms with van der Waals surface area (Å²) in [5.74, 6) is -1.54. The summed E-state index contributed by atoms with van der Waals surface area (Å²) in [4.78, 5) is 80.5. The molecule has 6 aromatic rings. The lowest BCUT2D eigenvalue weighted by Crippen LogP contribution is -2.22. The minimum atomic E-state index is -0.416. The number of imidazole rings is 2. The first-order valence-electron chi connectivity index (χ1n) is 15.5. The van der Waals surface area contributed by atoms with Gasteiger partial charge in [0.05, 0.1) is 11.4 Å². The Morgan fingerprint density at radius 1 is 0.560 bits per heavy atom. The van der Waals surface area contributed by atoms with E-state index < -0.39 is 11.7 Å². The number of hydrogen-bond donors (Lipinski definition) is 4. The van der Waals surface area contributed by atoms with Crippen LogP contribution in [0.2, 0.25) is 0 Å². The normalized spacial score (nSPS) is 13.8. The summed E-state index contributed by atoms with van der Waals surface area (Å²) in [5, 5.41) is 2.87. The van der Waals surface area contributed by atoms with Crippen molar-refractivity contribution in [1.82, 2.24) is 25.3 Å². The number of ketones is 4. The number of fused-ring (bicyclic) bond motifs is 4. The third kappa shape index (κ3) is 5.06. The van der Waals surface area contributed by atoms with Crippen molar-refractivity contribution in [2.75, 3.05) is 0 Å². The number of nitrogens with zero attached hydrogens (tertiary/aromatic N) is 2. The van der Waals surface area contributed by atoms with Crippen molar-refractivity contribution in [3.05, 3.63) is 176 Å². The van der Waals surface area contributed by atoms with Crippen molar-refractivity contribution in [1.29, 1.82) is 0 Å². The van der Waals surface area contributed by atoms with Gasteiger partial charge in [-0.25, -0.2) is 9.97 Å². The van der Waals surface area contributed by atoms with Crippen molar-refractivity contribution < 1.29 is 24.0 Å². The Morgan fingerprint density at radius 3 is 1.54 bits per heavy atom. The largest absolute Gasteiger partial charge is 0.396 e. The summed E-state index contributed by atoms with van der Waals surface area (Å²) < 4.78 is 0. The lowest BCUT2D eigenvalue weighted by atomic mass is 9.90. The Bertz CT molecular complexity index is 2400. The van der Waals surface area contributed by atoms with Crippen LogP contribution < -0.4 is 11.1 Å². The molecule has 0 aliphatic heterocycles. The summed E-state index contributed by atoms with van der Waals surface area (Å²) in [5.41, 5.74) is 9.84. The van der Waals surface area contributed by atoms with E-state index in [0.717, 1.165) is 0 Å². The molecule has 240 valence electrons. The van der Waals surface area contributed by atoms with Crippen LogP contribution in [-0.4, -0.2) is 49.0 Å². The number of hydrogen-bond acceptors (Lipinski definition) is 8. The standard InChI is InChI=1S/C39H24N6O5/c40-27(37-42-29-30(43-37)34(47)24-11-5-4-10-23(24)33(29)46)18-20-14-16-21(17-15-20)19-28(41-39(50)22-8-2-1-3-9-22)38-44-31-32(45-38)36(49)26-13-7-6-12-25(26)35(31)48/h1-19H,40H2,(H,41,50)(H,42,43)(H,44,45)/b27-18-,28-19-. The number of nitrogens with one attached hydrogen (secondary N) is 3. The molecule has 2 aliphatic carbocycles. The molecule has 0 radical (unpaired) electrons. The summed E-state index contributed by atoms with van der Waals surface area (Å²) in [6.45, 7) is 0. The van der Waals surface area contributed by atoms with Crippen LogP contribution in [0.1, 0.15) is 97.3 Å². The monoisotopic (exact) mass is 656 g/mol. The van der Waals surface area contributed by atoms with E-state index in [0.29, 0.717) is 27.8 Å². The highest BCUT2D eigenvalue weighted by Crippen LogP contribution is 2.29. The molecule has 0 unspecified atom stereocenters. The zero-order chi connectivity index (χ0) is 34.5. The van der Waals surface area contributed by atoms with Crippen LogP contribution >= 0.6 is 0 Å². The molecule has 0 bridgehead atoms. The minimum absolute atomic E-state index is 0.0218. The fraction of sp³-hybridized carbons (Fsp3) is 0. The third-order valence-electron chi connectivity index (χ3n) is 8.51. The van der Waals surface area contributed by atoms with Crippen molar-refractivity contribution in [2.24, 2.45) is 5.73 Å². The second kappa shape index (κ2) is 11.8. The topological polar surface area (TPSA) is 181 Å². The number of benzene rings is 4. The zero-order valence-electron chi connectivity index (χ0n) is 26.0. The van der Waals surface area contributed by atoms with Crippen molar-refractivity contribution in [3.63, 3.8) is 0 Å². The molecule has 11 heteroatoms. The highest BCUT2D eigenvalue weighted by Gasteiger charge is 2.34. The summed E-state index contributed by atoms with van der Waals surface area (Å²) in [7, 11) is 0. The third-order valence-corrected chi connectivity index (χ3v) is 8.51. The van der Waals surface area contributed by atoms with Crippen molar-refractivity contribution in [2.45, 2.75) is 0 Å². The molecule has 0 saturated heterocycles. The molecule has 2 aliphatic rings. The summed E-state index contributed by atoms with van der Waals surface area (Å²) in [6.07, 6.45) is 3.31. The van der Waals surface area contributed by atoms with Gasteiger partial charge in [-0.05, 0) is 35.4 Å². The molecule has 0 saturated carbocycles. The van der Waals surface area contributed by atoms with Gasteiger partial charge >= 0.3 is 0 Å². The molecule has 4 aromatic carbocycles. The van der Waals surface area contributed by atoms with Crippen LogP contribution in [0.5, 0.6) is 0 Å². The molecule has 0 spiro atoms. The molecule has 50 heavy (non-hydrogen) atoms. The molecule has 2 aromatic heterocycles. The van der Waals surface area contributed by atoms with E-state index in [-0.39, 0.29) is 74.3 Å². The smallest absolute Gasteiger partial charge is 0.255 e. The number of rotatable bonds is 6. The van der Waals surface area contributed by atoms with Crippen LogP contribution in [0.25, 0.3) is 23.5 Å². The lowest BCUT2D eigenvalue weighted by molar-refractivity contribution is 0.0972. The van der Waals surface area contributed by atoms with Crippen LogP contribution in [-0.2, 0) is 0 Å². The Hall–Kier alpha value is -7.27. The second-order valence-corrected chi connectivity index (χ2v) is 11.7. The Morgan fingerprint density at radius 2 is 1.00 bits per heavy atom. The van der Waals surface area contributed by atoms with Crippen LogP contribution in [0.3, 0.4) is 0 Å². The SMILES string of the molecule is N/C(=C\c1ccc(/C=C(\NC(=O)c2ccccc2)c2nc3c([nH]2)C(=O)c2ccccc2C3=O)cc1)c1nc2c([nH]1)C(=O)c1ccccc1C2=O. The zero-order valence-corrected chi connectivity index (χ0v) is 26.0. The fourth-order valence-electron chi connectivity index (χ4n) is 6.00. The van der Waals surface area contributed by atoms with Gasteiger partial charge < -0.3 is 21.0 Å². The van der Waals surface area contributed by atoms with E-state index in [2.05, 4.69) is 25.3 Å². The highest BCUT2D eigenvalue weighted by molar-refractivity contribution is 6.28. The van der Waals surface area contributed by atoms with Crippen LogP contribution in [0, 0.1) is 0 Å². The van der Waals surface area contributed by atoms with Gasteiger partial charge in [0, 0.05) is 27.8 Å². The first-order chi connectivity index (χ1) is 24.3. The molecule has 5 N–H and O–H groups in total. The Balaban J connectivity index is 1.11. The number of carbonyl (C=O) groups is 5. The van der Waals surface area contributed by atoms with Gasteiger partial charge in [0.1, 0.15) is 22.8 Å². The maximum atomic E-state index is 13.3. The number of nitrogens with two attached hydrogens (primary N) is 1. The number of aromatic amines is 2. The molecule has 0 fully saturated rings. The molecule has 0 atom stereocenters. The number of H-pyrrole nitrogens is 2. The number of aromatic nitrogens is 4. The highest BCUT2D eigenvalue weighted by atomic mass is 16.2. The van der Waals surface area contributed by atoms with Gasteiger partial charge in [-0.1, -0.05) is 91.0 Å². The van der Waals surface area contributed by atoms with E-state index in [1.54, 1.807) is 115 Å². The van der Waals surface area contributed by atoms with E-state index >= 15 is 0 Å². The molecule has 1 amide bonds. The predicted octanol–water partition coefficient (Wildman–Crippen LogP) is 5.07. The van der Waals surface area contributed by atoms with Crippen LogP contribution in [0.4, 0.5) is 0 Å². The van der Waals surface area contributed by atoms with E-state index in [1.807, 2.05) is 0 Å². The summed E-state index contributed by atoms with van der Waals surface area (Å²) in [6, 6.07) is 28.8. The lowest BCUT2D eigenvalue weighted by Gasteiger charge is -2.11. The average Bonchev–Trinajstić information content (AvgIpc) is 3.81. The van der Waals surface area contributed by atoms with Gasteiger partial charge in [-0.15, -0.1) is 0 Å². The van der Waals surface area contributed by atoms with E-state index in [4.69, 9.17) is 5.73 Å². The van der Waals surface area contributed by atoms with Crippen molar-refractivity contribution >= 4 is 52.6 Å². The Labute approximate surface area is 283 Å². The average molecular weight is 657 g/mol. The Kier molecular flexibility index (Phi) is 7.08. The van der Waals surface area contributed by atoms with Gasteiger partial charge in [0.15, 0.2) is 11.6 Å². The first kappa shape index (κ1) is 30.1. The quantitative estimate of drug-likeness (QED) is 0.191. The summed E-state index contributed by atoms with van der Waals surface area (Å²) >= 11 is 0. The molecule has 11 nitrogen and oxygen atoms in total. The maximum Gasteiger partial charge on any atom is 0.255 e. The first-order valence-corrected chi connectivity index (χ1v) is 15.5. The molecule has 2 heterocycles. The van der Waals surface area contributed by atoms with E-state index in [9.17, 15) is 24.0 Å². The number of amides is 1. The predicted molar refractivity (Wildman–Crippen MR) is 184 cm³/mol. The van der Waals surface area contributed by atoms with Crippen LogP contribution in [0.15, 0.2) is 103 Å². The van der Waals surface area contributed by atoms with E-state index in [1.165, 1.54) is 0 Å². The maximum absolute atomic E-state index is 13.3. The second-order valence-electron chi connectivity index (χ2n) is 11.7. The van der Waals surface area contributed by atoms with Gasteiger partial charge in [0.2, 0.25) is 23.1 Å². The molecular formula is C39H24N6O5. The molecule has 8 rings (SSSR count). The minimum Gasteiger partial charge on any atom is -0.396 e. The van der Waals surface area contributed by atoms with Gasteiger partial charge in [0.25, 0.3) is 5.91 Å². The molecular weight excluding hydrogens is 632 g/mol. The number of carbonyl (C=O) groups excluding carboxylic acids is 5.